The minimum atomic E-state index is -1.52. The summed E-state index contributed by atoms with van der Waals surface area (Å²) in [4.78, 5) is 94.5. The quantitative estimate of drug-likeness (QED) is 0.155. The van der Waals surface area contributed by atoms with Crippen molar-refractivity contribution in [3.63, 3.8) is 0 Å². The third kappa shape index (κ3) is 21.7. The van der Waals surface area contributed by atoms with Crippen molar-refractivity contribution in [3.05, 3.63) is 118 Å². The molecule has 0 amide bonds. The molecule has 1 fully saturated rings. The molecule has 25 heteroatoms. The van der Waals surface area contributed by atoms with Crippen LogP contribution in [0.4, 0.5) is 0 Å². The molecule has 0 unspecified atom stereocenters. The van der Waals surface area contributed by atoms with Crippen LogP contribution in [-0.2, 0) is 34.1 Å². The van der Waals surface area contributed by atoms with Gasteiger partial charge in [-0.05, 0) is 48.5 Å². The number of quaternary nitrogens is 2. The van der Waals surface area contributed by atoms with Gasteiger partial charge in [-0.15, -0.1) is 0 Å². The van der Waals surface area contributed by atoms with Crippen LogP contribution in [-0.4, -0.2) is 99.3 Å². The summed E-state index contributed by atoms with van der Waals surface area (Å²) in [6.45, 7) is 5.28. The molecule has 5 heterocycles. The number of hydrogen-bond acceptors (Lipinski definition) is 20. The van der Waals surface area contributed by atoms with Gasteiger partial charge in [0.25, 0.3) is 0 Å². The third-order valence-corrected chi connectivity index (χ3v) is 5.82. The predicted molar refractivity (Wildman–Crippen MR) is 159 cm³/mol. The number of carboxylic acids is 8. The van der Waals surface area contributed by atoms with Gasteiger partial charge < -0.3 is 95.3 Å². The van der Waals surface area contributed by atoms with E-state index in [1.165, 1.54) is 50.4 Å². The van der Waals surface area contributed by atoms with E-state index in [-0.39, 0.29) is 39.6 Å². The van der Waals surface area contributed by atoms with Crippen molar-refractivity contribution < 1.29 is 129 Å². The topological polar surface area (TPSA) is 437 Å². The van der Waals surface area contributed by atoms with Crippen LogP contribution in [0.1, 0.15) is 83.9 Å². The fourth-order valence-electron chi connectivity index (χ4n) is 3.41. The van der Waals surface area contributed by atoms with E-state index in [0.29, 0.717) is 0 Å². The normalized spacial score (nSPS) is 10.4. The number of carbonyl (C=O) groups is 8. The average Bonchev–Trinajstić information content (AvgIpc) is 3.16. The van der Waals surface area contributed by atoms with Crippen LogP contribution in [0.5, 0.6) is 0 Å². The molecule has 1 aliphatic rings. The molecule has 0 spiro atoms. The van der Waals surface area contributed by atoms with Crippen molar-refractivity contribution >= 4 is 47.8 Å². The van der Waals surface area contributed by atoms with Crippen molar-refractivity contribution in [2.45, 2.75) is 0 Å². The first kappa shape index (κ1) is 54.6. The summed E-state index contributed by atoms with van der Waals surface area (Å²) in [6, 6.07) is 14.1. The summed E-state index contributed by atoms with van der Waals surface area (Å²) < 4.78 is 0. The molecular formula is C32H26Fe2N6O17. The number of aromatic nitrogens is 4. The number of aromatic carboxylic acids is 8. The molecule has 1 aliphatic heterocycles. The van der Waals surface area contributed by atoms with Gasteiger partial charge in [0.05, 0.1) is 93.3 Å². The number of carboxylic acid groups (broad SMARTS) is 8. The maximum atomic E-state index is 10.2. The molecule has 0 atom stereocenters. The fraction of sp³-hybridized carbons (Fsp3) is 0.125. The molecule has 23 nitrogen and oxygen atoms in total. The van der Waals surface area contributed by atoms with E-state index in [1.54, 1.807) is 0 Å². The van der Waals surface area contributed by atoms with Crippen LogP contribution in [0.3, 0.4) is 0 Å². The van der Waals surface area contributed by atoms with Crippen LogP contribution >= 0.6 is 0 Å². The first-order valence-electron chi connectivity index (χ1n) is 14.7. The van der Waals surface area contributed by atoms with Gasteiger partial charge in [-0.25, -0.2) is 19.9 Å². The molecule has 0 aliphatic carbocycles. The summed E-state index contributed by atoms with van der Waals surface area (Å²) in [7, 11) is 0. The molecule has 4 aromatic heterocycles. The van der Waals surface area contributed by atoms with E-state index in [0.717, 1.165) is 48.5 Å². The van der Waals surface area contributed by atoms with Gasteiger partial charge in [0.15, 0.2) is 0 Å². The SMILES string of the molecule is C1C[NH2+]CC[NH2+]1.O.O=C([O-])c1cccc(C(=O)[O-])n1.O=C([O-])c1cccc(C(=O)[O-])n1.O=C([O-])c1cccc(C(=O)[O-])n1.O=C([O-])c1cccc(C(=O)[O-])n1.[Fe+3].[Fe+3]. The van der Waals surface area contributed by atoms with Gasteiger partial charge in [0, 0.05) is 0 Å². The van der Waals surface area contributed by atoms with Crippen molar-refractivity contribution in [1.82, 2.24) is 19.9 Å². The zero-order valence-corrected chi connectivity index (χ0v) is 30.6. The third-order valence-electron chi connectivity index (χ3n) is 5.82. The molecular weight excluding hydrogens is 852 g/mol. The summed E-state index contributed by atoms with van der Waals surface area (Å²) in [5, 5.41) is 86.2. The van der Waals surface area contributed by atoms with Gasteiger partial charge in [-0.2, -0.15) is 0 Å². The van der Waals surface area contributed by atoms with E-state index in [1.807, 2.05) is 0 Å². The van der Waals surface area contributed by atoms with E-state index < -0.39 is 93.3 Å². The molecule has 4 aromatic rings. The Morgan fingerprint density at radius 2 is 0.456 bits per heavy atom. The van der Waals surface area contributed by atoms with E-state index in [4.69, 9.17) is 0 Å². The van der Waals surface area contributed by atoms with Gasteiger partial charge in [0.1, 0.15) is 26.2 Å². The number of rotatable bonds is 8. The van der Waals surface area contributed by atoms with Crippen molar-refractivity contribution in [2.24, 2.45) is 0 Å². The Bertz CT molecular complexity index is 1600. The van der Waals surface area contributed by atoms with Crippen LogP contribution < -0.4 is 51.5 Å². The van der Waals surface area contributed by atoms with Crippen LogP contribution in [0.25, 0.3) is 0 Å². The Labute approximate surface area is 340 Å². The number of hydrogen-bond donors (Lipinski definition) is 2. The zero-order valence-electron chi connectivity index (χ0n) is 28.4. The minimum Gasteiger partial charge on any atom is -0.543 e. The van der Waals surface area contributed by atoms with E-state index in [2.05, 4.69) is 30.6 Å². The Hall–Kier alpha value is -6.72. The summed E-state index contributed by atoms with van der Waals surface area (Å²) in [5.41, 5.74) is -3.36. The first-order valence-corrected chi connectivity index (χ1v) is 14.7. The smallest absolute Gasteiger partial charge is 0.543 e. The first-order chi connectivity index (χ1) is 25.4. The summed E-state index contributed by atoms with van der Waals surface area (Å²) in [5.74, 6) is -12.1. The zero-order chi connectivity index (χ0) is 40.8. The van der Waals surface area contributed by atoms with Crippen LogP contribution in [0, 0.1) is 0 Å². The summed E-state index contributed by atoms with van der Waals surface area (Å²) >= 11 is 0. The summed E-state index contributed by atoms with van der Waals surface area (Å²) in [6.07, 6.45) is 0. The number of carbonyl (C=O) groups excluding carboxylic acids is 8. The Kier molecular flexibility index (Phi) is 27.5. The molecule has 57 heavy (non-hydrogen) atoms. The van der Waals surface area contributed by atoms with Gasteiger partial charge >= 0.3 is 34.1 Å². The Balaban J connectivity index is -0.000000640. The molecule has 0 bridgehead atoms. The molecule has 6 N–H and O–H groups in total. The second-order valence-electron chi connectivity index (χ2n) is 9.66. The molecule has 2 radical (unpaired) electrons. The number of piperazine rings is 1. The predicted octanol–water partition coefficient (Wildman–Crippen LogP) is -12.5. The number of nitrogens with zero attached hydrogens (tertiary/aromatic N) is 4. The maximum absolute atomic E-state index is 10.2. The van der Waals surface area contributed by atoms with Gasteiger partial charge in [-0.1, -0.05) is 24.3 Å². The molecule has 0 saturated carbocycles. The van der Waals surface area contributed by atoms with Crippen LogP contribution in [0.2, 0.25) is 0 Å². The second-order valence-corrected chi connectivity index (χ2v) is 9.66. The minimum absolute atomic E-state index is 0. The van der Waals surface area contributed by atoms with E-state index in [9.17, 15) is 79.2 Å². The van der Waals surface area contributed by atoms with E-state index >= 15 is 0 Å². The molecule has 5 rings (SSSR count). The van der Waals surface area contributed by atoms with Gasteiger partial charge in [-0.3, -0.25) is 0 Å². The van der Waals surface area contributed by atoms with Crippen LogP contribution in [0.15, 0.2) is 72.8 Å². The number of nitrogens with two attached hydrogens (primary N) is 2. The largest absolute Gasteiger partial charge is 3.00 e. The average molecular weight is 878 g/mol. The number of pyridine rings is 4. The maximum Gasteiger partial charge on any atom is 3.00 e. The van der Waals surface area contributed by atoms with Crippen molar-refractivity contribution in [1.29, 1.82) is 0 Å². The molecule has 1 saturated heterocycles. The standard InChI is InChI=1S/4C7H5NO4.C4H10N2.2Fe.H2O/c4*9-6(10)4-2-1-3-5(8-4)7(11)12;1-2-6-4-3-5-1;;;/h4*1-3H,(H,9,10)(H,11,12);5-6H,1-4H2;;;1H2/q;;;;;2*+3;/p-6. The fourth-order valence-corrected chi connectivity index (χ4v) is 3.41. The molecule has 302 valence electrons. The van der Waals surface area contributed by atoms with Crippen molar-refractivity contribution in [3.8, 4) is 0 Å². The Morgan fingerprint density at radius 3 is 0.544 bits per heavy atom. The Morgan fingerprint density at radius 1 is 0.333 bits per heavy atom. The second kappa shape index (κ2) is 28.7. The monoisotopic (exact) mass is 878 g/mol. The molecule has 0 aromatic carbocycles. The van der Waals surface area contributed by atoms with Crippen molar-refractivity contribution in [2.75, 3.05) is 26.2 Å². The van der Waals surface area contributed by atoms with Gasteiger partial charge in [0.2, 0.25) is 0 Å².